The van der Waals surface area contributed by atoms with Gasteiger partial charge in [0.05, 0.1) is 10.0 Å². The lowest BCUT2D eigenvalue weighted by atomic mass is 10.0. The number of halogens is 2. The lowest BCUT2D eigenvalue weighted by Gasteiger charge is -2.15. The van der Waals surface area contributed by atoms with E-state index in [0.29, 0.717) is 6.42 Å². The Bertz CT molecular complexity index is 499. The Hall–Kier alpha value is -0.330. The van der Waals surface area contributed by atoms with Gasteiger partial charge in [0, 0.05) is 13.2 Å². The fraction of sp³-hybridized carbons (Fsp3) is 0.500. The molecule has 0 bridgehead atoms. The van der Waals surface area contributed by atoms with Crippen LogP contribution in [0.4, 0.5) is 0 Å². The van der Waals surface area contributed by atoms with E-state index in [1.165, 1.54) is 12.1 Å². The van der Waals surface area contributed by atoms with Gasteiger partial charge in [-0.05, 0) is 24.5 Å². The lowest BCUT2D eigenvalue weighted by Crippen LogP contribution is -2.30. The monoisotopic (exact) mass is 325 g/mol. The van der Waals surface area contributed by atoms with Crippen LogP contribution in [0.5, 0.6) is 0 Å². The first-order chi connectivity index (χ1) is 8.92. The van der Waals surface area contributed by atoms with Crippen LogP contribution in [0.2, 0.25) is 10.0 Å². The fourth-order valence-electron chi connectivity index (χ4n) is 1.67. The summed E-state index contributed by atoms with van der Waals surface area (Å²) in [6.45, 7) is 2.23. The summed E-state index contributed by atoms with van der Waals surface area (Å²) in [6, 6.07) is 4.55. The van der Waals surface area contributed by atoms with E-state index in [-0.39, 0.29) is 34.0 Å². The average molecular weight is 326 g/mol. The second kappa shape index (κ2) is 7.45. The van der Waals surface area contributed by atoms with E-state index >= 15 is 0 Å². The highest BCUT2D eigenvalue weighted by Crippen LogP contribution is 2.28. The number of nitrogens with one attached hydrogen (secondary N) is 1. The van der Waals surface area contributed by atoms with Crippen molar-refractivity contribution in [1.82, 2.24) is 4.72 Å². The summed E-state index contributed by atoms with van der Waals surface area (Å²) in [7, 11) is -3.74. The normalized spacial score (nSPS) is 13.5. The molecule has 0 aliphatic rings. The van der Waals surface area contributed by atoms with Gasteiger partial charge >= 0.3 is 0 Å². The Balaban J connectivity index is 2.87. The number of benzene rings is 1. The van der Waals surface area contributed by atoms with Crippen LogP contribution in [0.3, 0.4) is 0 Å². The van der Waals surface area contributed by atoms with Gasteiger partial charge in [-0.25, -0.2) is 13.1 Å². The zero-order valence-corrected chi connectivity index (χ0v) is 12.9. The SMILES string of the molecule is CCC(CCO)CNS(=O)(=O)c1c(Cl)cccc1Cl. The molecule has 1 aromatic rings. The second-order valence-electron chi connectivity index (χ2n) is 4.19. The first kappa shape index (κ1) is 16.7. The van der Waals surface area contributed by atoms with Crippen molar-refractivity contribution in [3.05, 3.63) is 28.2 Å². The van der Waals surface area contributed by atoms with E-state index < -0.39 is 10.0 Å². The predicted molar refractivity (Wildman–Crippen MR) is 77.1 cm³/mol. The molecule has 1 unspecified atom stereocenters. The first-order valence-electron chi connectivity index (χ1n) is 5.97. The molecule has 4 nitrogen and oxygen atoms in total. The molecule has 1 atom stereocenters. The Morgan fingerprint density at radius 1 is 1.32 bits per heavy atom. The van der Waals surface area contributed by atoms with Crippen LogP contribution >= 0.6 is 23.2 Å². The van der Waals surface area contributed by atoms with E-state index in [1.807, 2.05) is 6.92 Å². The highest BCUT2D eigenvalue weighted by atomic mass is 35.5. The maximum Gasteiger partial charge on any atom is 0.243 e. The van der Waals surface area contributed by atoms with Gasteiger partial charge in [-0.1, -0.05) is 42.6 Å². The zero-order chi connectivity index (χ0) is 14.5. The molecule has 0 amide bonds. The molecule has 0 fully saturated rings. The van der Waals surface area contributed by atoms with Crippen LogP contribution in [-0.4, -0.2) is 26.7 Å². The van der Waals surface area contributed by atoms with Gasteiger partial charge in [-0.15, -0.1) is 0 Å². The summed E-state index contributed by atoms with van der Waals surface area (Å²) < 4.78 is 26.8. The molecular formula is C12H17Cl2NO3S. The first-order valence-corrected chi connectivity index (χ1v) is 8.20. The third-order valence-electron chi connectivity index (χ3n) is 2.86. The van der Waals surface area contributed by atoms with E-state index in [0.717, 1.165) is 6.42 Å². The minimum absolute atomic E-state index is 0.0348. The summed E-state index contributed by atoms with van der Waals surface area (Å²) in [4.78, 5) is -0.0998. The molecule has 0 spiro atoms. The maximum atomic E-state index is 12.2. The molecule has 0 aromatic heterocycles. The summed E-state index contributed by atoms with van der Waals surface area (Å²) >= 11 is 11.8. The van der Waals surface area contributed by atoms with Gasteiger partial charge in [0.2, 0.25) is 10.0 Å². The fourth-order valence-corrected chi connectivity index (χ4v) is 3.93. The van der Waals surface area contributed by atoms with Crippen molar-refractivity contribution >= 4 is 33.2 Å². The molecule has 108 valence electrons. The number of sulfonamides is 1. The predicted octanol–water partition coefficient (Wildman–Crippen LogP) is 2.68. The highest BCUT2D eigenvalue weighted by Gasteiger charge is 2.22. The van der Waals surface area contributed by atoms with E-state index in [4.69, 9.17) is 28.3 Å². The molecule has 0 heterocycles. The smallest absolute Gasteiger partial charge is 0.243 e. The third kappa shape index (κ3) is 4.61. The quantitative estimate of drug-likeness (QED) is 0.809. The van der Waals surface area contributed by atoms with Gasteiger partial charge < -0.3 is 5.11 Å². The van der Waals surface area contributed by atoms with Crippen molar-refractivity contribution in [2.45, 2.75) is 24.7 Å². The molecule has 0 radical (unpaired) electrons. The van der Waals surface area contributed by atoms with Crippen LogP contribution < -0.4 is 4.72 Å². The average Bonchev–Trinajstić information content (AvgIpc) is 2.34. The van der Waals surface area contributed by atoms with Gasteiger partial charge in [0.25, 0.3) is 0 Å². The summed E-state index contributed by atoms with van der Waals surface area (Å²) in [5.74, 6) is 0.0843. The number of hydrogen-bond acceptors (Lipinski definition) is 3. The van der Waals surface area contributed by atoms with E-state index in [2.05, 4.69) is 4.72 Å². The summed E-state index contributed by atoms with van der Waals surface area (Å²) in [5, 5.41) is 9.07. The summed E-state index contributed by atoms with van der Waals surface area (Å²) in [6.07, 6.45) is 1.33. The molecular weight excluding hydrogens is 309 g/mol. The minimum atomic E-state index is -3.74. The Morgan fingerprint density at radius 2 is 1.89 bits per heavy atom. The van der Waals surface area contributed by atoms with Gasteiger partial charge in [-0.3, -0.25) is 0 Å². The van der Waals surface area contributed by atoms with E-state index in [9.17, 15) is 8.42 Å². The van der Waals surface area contributed by atoms with Crippen molar-refractivity contribution in [2.24, 2.45) is 5.92 Å². The molecule has 1 rings (SSSR count). The van der Waals surface area contributed by atoms with Crippen molar-refractivity contribution in [3.8, 4) is 0 Å². The van der Waals surface area contributed by atoms with Gasteiger partial charge in [0.1, 0.15) is 4.90 Å². The molecule has 7 heteroatoms. The minimum Gasteiger partial charge on any atom is -0.396 e. The molecule has 0 saturated heterocycles. The molecule has 19 heavy (non-hydrogen) atoms. The summed E-state index contributed by atoms with van der Waals surface area (Å²) in [5.41, 5.74) is 0. The van der Waals surface area contributed by atoms with Crippen LogP contribution in [0.25, 0.3) is 0 Å². The van der Waals surface area contributed by atoms with Crippen LogP contribution in [0, 0.1) is 5.92 Å². The molecule has 1 aromatic carbocycles. The van der Waals surface area contributed by atoms with Crippen LogP contribution in [0.15, 0.2) is 23.1 Å². The lowest BCUT2D eigenvalue weighted by molar-refractivity contribution is 0.254. The Morgan fingerprint density at radius 3 is 2.37 bits per heavy atom. The molecule has 0 aliphatic heterocycles. The number of aliphatic hydroxyl groups excluding tert-OH is 1. The van der Waals surface area contributed by atoms with E-state index in [1.54, 1.807) is 6.07 Å². The van der Waals surface area contributed by atoms with Crippen molar-refractivity contribution in [2.75, 3.05) is 13.2 Å². The van der Waals surface area contributed by atoms with Crippen molar-refractivity contribution < 1.29 is 13.5 Å². The number of rotatable bonds is 7. The molecule has 0 aliphatic carbocycles. The van der Waals surface area contributed by atoms with Crippen LogP contribution in [-0.2, 0) is 10.0 Å². The second-order valence-corrected chi connectivity index (χ2v) is 6.71. The number of hydrogen-bond donors (Lipinski definition) is 2. The van der Waals surface area contributed by atoms with Crippen molar-refractivity contribution in [1.29, 1.82) is 0 Å². The largest absolute Gasteiger partial charge is 0.396 e. The molecule has 0 saturated carbocycles. The molecule has 2 N–H and O–H groups in total. The van der Waals surface area contributed by atoms with Crippen LogP contribution in [0.1, 0.15) is 19.8 Å². The zero-order valence-electron chi connectivity index (χ0n) is 10.6. The maximum absolute atomic E-state index is 12.2. The third-order valence-corrected chi connectivity index (χ3v) is 5.24. The standard InChI is InChI=1S/C12H17Cl2NO3S/c1-2-9(6-7-16)8-15-19(17,18)12-10(13)4-3-5-11(12)14/h3-5,9,15-16H,2,6-8H2,1H3. The number of aliphatic hydroxyl groups is 1. The topological polar surface area (TPSA) is 66.4 Å². The van der Waals surface area contributed by atoms with Crippen molar-refractivity contribution in [3.63, 3.8) is 0 Å². The Labute approximate surface area is 123 Å². The van der Waals surface area contributed by atoms with Gasteiger partial charge in [-0.2, -0.15) is 0 Å². The Kier molecular flexibility index (Phi) is 6.56. The highest BCUT2D eigenvalue weighted by molar-refractivity contribution is 7.89. The van der Waals surface area contributed by atoms with Gasteiger partial charge in [0.15, 0.2) is 0 Å².